The summed E-state index contributed by atoms with van der Waals surface area (Å²) in [6.45, 7) is 11.7. The number of rotatable bonds is 6. The molecular weight excluding hydrogens is 318 g/mol. The van der Waals surface area contributed by atoms with E-state index in [9.17, 15) is 14.4 Å². The smallest absolute Gasteiger partial charge is 0.325 e. The lowest BCUT2D eigenvalue weighted by Crippen LogP contribution is -2.44. The quantitative estimate of drug-likeness (QED) is 0.636. The van der Waals surface area contributed by atoms with Crippen LogP contribution in [-0.2, 0) is 15.1 Å². The minimum absolute atomic E-state index is 0.271. The fourth-order valence-electron chi connectivity index (χ4n) is 2.86. The van der Waals surface area contributed by atoms with Crippen LogP contribution in [-0.4, -0.2) is 47.3 Å². The second-order valence-electron chi connectivity index (χ2n) is 6.68. The number of hydrogen-bond acceptors (Lipinski definition) is 3. The molecule has 2 rings (SSSR count). The molecule has 1 saturated heterocycles. The van der Waals surface area contributed by atoms with E-state index >= 15 is 0 Å². The molecule has 1 aromatic rings. The van der Waals surface area contributed by atoms with Gasteiger partial charge < -0.3 is 10.2 Å². The van der Waals surface area contributed by atoms with Crippen molar-refractivity contribution in [2.75, 3.05) is 19.6 Å². The molecular formula is C19H25N3O3. The SMILES string of the molecule is C=C(C)CN(CC)C(=O)CN1C(=O)N[C@](C)(c2ccc(C)cc2)C1=O. The molecule has 1 atom stereocenters. The zero-order valence-electron chi connectivity index (χ0n) is 15.3. The maximum absolute atomic E-state index is 12.8. The molecule has 0 unspecified atom stereocenters. The number of nitrogens with zero attached hydrogens (tertiary/aromatic N) is 2. The first-order chi connectivity index (χ1) is 11.7. The molecule has 4 amide bonds. The number of likely N-dealkylation sites (N-methyl/N-ethyl adjacent to an activating group) is 1. The number of carbonyl (C=O) groups is 3. The highest BCUT2D eigenvalue weighted by atomic mass is 16.2. The molecule has 1 aliphatic heterocycles. The maximum Gasteiger partial charge on any atom is 0.325 e. The van der Waals surface area contributed by atoms with Crippen molar-refractivity contribution in [3.63, 3.8) is 0 Å². The average Bonchev–Trinajstić information content (AvgIpc) is 2.77. The van der Waals surface area contributed by atoms with E-state index < -0.39 is 17.5 Å². The fraction of sp³-hybridized carbons (Fsp3) is 0.421. The van der Waals surface area contributed by atoms with Crippen molar-refractivity contribution in [3.8, 4) is 0 Å². The van der Waals surface area contributed by atoms with Gasteiger partial charge in [0.1, 0.15) is 12.1 Å². The third-order valence-electron chi connectivity index (χ3n) is 4.39. The molecule has 1 heterocycles. The van der Waals surface area contributed by atoms with E-state index in [4.69, 9.17) is 0 Å². The van der Waals surface area contributed by atoms with Gasteiger partial charge in [-0.05, 0) is 33.3 Å². The molecule has 1 aromatic carbocycles. The standard InChI is InChI=1S/C19H25N3O3/c1-6-21(11-13(2)3)16(23)12-22-17(24)19(5,20-18(22)25)15-9-7-14(4)8-10-15/h7-10H,2,6,11-12H2,1,3-5H3,(H,20,25)/t19-/m1/s1. The summed E-state index contributed by atoms with van der Waals surface area (Å²) in [6.07, 6.45) is 0. The normalized spacial score (nSPS) is 19.8. The van der Waals surface area contributed by atoms with Crippen LogP contribution in [0.3, 0.4) is 0 Å². The molecule has 0 saturated carbocycles. The largest absolute Gasteiger partial charge is 0.337 e. The predicted octanol–water partition coefficient (Wildman–Crippen LogP) is 2.19. The van der Waals surface area contributed by atoms with Crippen molar-refractivity contribution in [2.45, 2.75) is 33.2 Å². The predicted molar refractivity (Wildman–Crippen MR) is 95.8 cm³/mol. The van der Waals surface area contributed by atoms with Gasteiger partial charge in [0, 0.05) is 13.1 Å². The van der Waals surface area contributed by atoms with Crippen LogP contribution in [0.2, 0.25) is 0 Å². The zero-order valence-corrected chi connectivity index (χ0v) is 15.3. The number of imide groups is 1. The summed E-state index contributed by atoms with van der Waals surface area (Å²) in [5.74, 6) is -0.691. The van der Waals surface area contributed by atoms with Gasteiger partial charge in [-0.15, -0.1) is 0 Å². The molecule has 1 fully saturated rings. The van der Waals surface area contributed by atoms with Crippen molar-refractivity contribution in [2.24, 2.45) is 0 Å². The summed E-state index contributed by atoms with van der Waals surface area (Å²) in [5.41, 5.74) is 1.45. The number of benzene rings is 1. The van der Waals surface area contributed by atoms with Crippen molar-refractivity contribution in [3.05, 3.63) is 47.5 Å². The van der Waals surface area contributed by atoms with E-state index in [1.54, 1.807) is 11.8 Å². The lowest BCUT2D eigenvalue weighted by atomic mass is 9.91. The highest BCUT2D eigenvalue weighted by Crippen LogP contribution is 2.29. The van der Waals surface area contributed by atoms with Crippen LogP contribution in [0.15, 0.2) is 36.4 Å². The van der Waals surface area contributed by atoms with Gasteiger partial charge in [-0.3, -0.25) is 14.5 Å². The van der Waals surface area contributed by atoms with Crippen LogP contribution in [0, 0.1) is 6.92 Å². The van der Waals surface area contributed by atoms with E-state index in [-0.39, 0.29) is 12.5 Å². The molecule has 0 radical (unpaired) electrons. The number of aryl methyl sites for hydroxylation is 1. The first-order valence-electron chi connectivity index (χ1n) is 8.32. The highest BCUT2D eigenvalue weighted by molar-refractivity contribution is 6.09. The van der Waals surface area contributed by atoms with Gasteiger partial charge in [0.2, 0.25) is 5.91 Å². The Balaban J connectivity index is 2.19. The van der Waals surface area contributed by atoms with Crippen molar-refractivity contribution in [1.29, 1.82) is 0 Å². The Labute approximate surface area is 148 Å². The molecule has 6 heteroatoms. The van der Waals surface area contributed by atoms with Crippen LogP contribution >= 0.6 is 0 Å². The lowest BCUT2D eigenvalue weighted by Gasteiger charge is -2.24. The number of amides is 4. The second-order valence-corrected chi connectivity index (χ2v) is 6.68. The van der Waals surface area contributed by atoms with Gasteiger partial charge in [0.25, 0.3) is 5.91 Å². The first kappa shape index (κ1) is 18.7. The molecule has 0 aromatic heterocycles. The van der Waals surface area contributed by atoms with Gasteiger partial charge in [0.15, 0.2) is 0 Å². The number of nitrogens with one attached hydrogen (secondary N) is 1. The van der Waals surface area contributed by atoms with Crippen molar-refractivity contribution in [1.82, 2.24) is 15.1 Å². The third kappa shape index (κ3) is 3.73. The summed E-state index contributed by atoms with van der Waals surface area (Å²) in [4.78, 5) is 40.2. The Kier molecular flexibility index (Phi) is 5.30. The molecule has 1 aliphatic rings. The van der Waals surface area contributed by atoms with Crippen molar-refractivity contribution < 1.29 is 14.4 Å². The zero-order chi connectivity index (χ0) is 18.8. The van der Waals surface area contributed by atoms with Gasteiger partial charge in [-0.25, -0.2) is 4.79 Å². The molecule has 0 bridgehead atoms. The van der Waals surface area contributed by atoms with E-state index in [0.29, 0.717) is 18.7 Å². The number of carbonyl (C=O) groups excluding carboxylic acids is 3. The number of urea groups is 1. The first-order valence-corrected chi connectivity index (χ1v) is 8.32. The minimum Gasteiger partial charge on any atom is -0.337 e. The fourth-order valence-corrected chi connectivity index (χ4v) is 2.86. The molecule has 25 heavy (non-hydrogen) atoms. The van der Waals surface area contributed by atoms with Crippen LogP contribution in [0.1, 0.15) is 31.9 Å². The lowest BCUT2D eigenvalue weighted by molar-refractivity contribution is -0.138. The van der Waals surface area contributed by atoms with E-state index in [0.717, 1.165) is 16.0 Å². The van der Waals surface area contributed by atoms with Crippen LogP contribution in [0.25, 0.3) is 0 Å². The summed E-state index contributed by atoms with van der Waals surface area (Å²) in [7, 11) is 0. The Morgan fingerprint density at radius 3 is 2.40 bits per heavy atom. The van der Waals surface area contributed by atoms with Gasteiger partial charge in [0.05, 0.1) is 0 Å². The monoisotopic (exact) mass is 343 g/mol. The molecule has 134 valence electrons. The van der Waals surface area contributed by atoms with Crippen LogP contribution in [0.4, 0.5) is 4.79 Å². The molecule has 0 aliphatic carbocycles. The van der Waals surface area contributed by atoms with E-state index in [1.165, 1.54) is 0 Å². The van der Waals surface area contributed by atoms with E-state index in [1.807, 2.05) is 45.0 Å². The summed E-state index contributed by atoms with van der Waals surface area (Å²) in [6, 6.07) is 6.86. The third-order valence-corrected chi connectivity index (χ3v) is 4.39. The van der Waals surface area contributed by atoms with Gasteiger partial charge in [-0.2, -0.15) is 0 Å². The van der Waals surface area contributed by atoms with Gasteiger partial charge in [-0.1, -0.05) is 42.0 Å². The van der Waals surface area contributed by atoms with Crippen molar-refractivity contribution >= 4 is 17.8 Å². The van der Waals surface area contributed by atoms with E-state index in [2.05, 4.69) is 11.9 Å². The topological polar surface area (TPSA) is 69.7 Å². The summed E-state index contributed by atoms with van der Waals surface area (Å²) in [5, 5.41) is 2.72. The summed E-state index contributed by atoms with van der Waals surface area (Å²) < 4.78 is 0. The highest BCUT2D eigenvalue weighted by Gasteiger charge is 2.49. The molecule has 6 nitrogen and oxygen atoms in total. The maximum atomic E-state index is 12.8. The Bertz CT molecular complexity index is 711. The Morgan fingerprint density at radius 1 is 1.28 bits per heavy atom. The molecule has 1 N–H and O–H groups in total. The summed E-state index contributed by atoms with van der Waals surface area (Å²) >= 11 is 0. The molecule has 0 spiro atoms. The number of hydrogen-bond donors (Lipinski definition) is 1. The van der Waals surface area contributed by atoms with Crippen LogP contribution in [0.5, 0.6) is 0 Å². The second kappa shape index (κ2) is 7.09. The van der Waals surface area contributed by atoms with Gasteiger partial charge >= 0.3 is 6.03 Å². The van der Waals surface area contributed by atoms with Crippen LogP contribution < -0.4 is 5.32 Å². The Hall–Kier alpha value is -2.63. The minimum atomic E-state index is -1.16. The average molecular weight is 343 g/mol. The Morgan fingerprint density at radius 2 is 1.88 bits per heavy atom.